The van der Waals surface area contributed by atoms with Gasteiger partial charge in [0.05, 0.1) is 12.0 Å². The third-order valence-corrected chi connectivity index (χ3v) is 3.52. The summed E-state index contributed by atoms with van der Waals surface area (Å²) in [5, 5.41) is 0.696. The van der Waals surface area contributed by atoms with Gasteiger partial charge in [0, 0.05) is 5.02 Å². The van der Waals surface area contributed by atoms with E-state index in [4.69, 9.17) is 16.3 Å². The number of hydrogen-bond acceptors (Lipinski definition) is 2. The van der Waals surface area contributed by atoms with Gasteiger partial charge in [-0.25, -0.2) is 0 Å². The molecule has 1 saturated carbocycles. The van der Waals surface area contributed by atoms with E-state index >= 15 is 0 Å². The third-order valence-electron chi connectivity index (χ3n) is 3.27. The Morgan fingerprint density at radius 1 is 1.38 bits per heavy atom. The molecule has 0 aliphatic heterocycles. The van der Waals surface area contributed by atoms with Crippen LogP contribution < -0.4 is 0 Å². The number of hydrogen-bond donors (Lipinski definition) is 0. The van der Waals surface area contributed by atoms with Crippen LogP contribution in [-0.4, -0.2) is 12.6 Å². The fourth-order valence-electron chi connectivity index (χ4n) is 2.18. The SMILES string of the molecule is CCOC(=O)C1(c2ccc(Cl)cc2)CCC1. The van der Waals surface area contributed by atoms with E-state index in [-0.39, 0.29) is 5.97 Å². The van der Waals surface area contributed by atoms with Gasteiger partial charge in [0.25, 0.3) is 0 Å². The smallest absolute Gasteiger partial charge is 0.316 e. The summed E-state index contributed by atoms with van der Waals surface area (Å²) in [7, 11) is 0. The molecule has 0 spiro atoms. The van der Waals surface area contributed by atoms with Crippen LogP contribution in [0.1, 0.15) is 31.7 Å². The molecule has 1 fully saturated rings. The molecule has 0 unspecified atom stereocenters. The Hall–Kier alpha value is -1.02. The number of halogens is 1. The maximum atomic E-state index is 12.0. The summed E-state index contributed by atoms with van der Waals surface area (Å²) in [5.74, 6) is -0.0939. The fourth-order valence-corrected chi connectivity index (χ4v) is 2.31. The lowest BCUT2D eigenvalue weighted by atomic mass is 9.64. The van der Waals surface area contributed by atoms with Gasteiger partial charge in [-0.2, -0.15) is 0 Å². The first-order valence-electron chi connectivity index (χ1n) is 5.62. The molecule has 0 heterocycles. The average molecular weight is 239 g/mol. The van der Waals surface area contributed by atoms with Gasteiger partial charge in [0.1, 0.15) is 0 Å². The summed E-state index contributed by atoms with van der Waals surface area (Å²) in [6.45, 7) is 2.28. The molecule has 0 aromatic heterocycles. The largest absolute Gasteiger partial charge is 0.465 e. The zero-order valence-corrected chi connectivity index (χ0v) is 10.1. The van der Waals surface area contributed by atoms with E-state index in [0.717, 1.165) is 24.8 Å². The van der Waals surface area contributed by atoms with Crippen molar-refractivity contribution < 1.29 is 9.53 Å². The second-order valence-corrected chi connectivity index (χ2v) is 4.60. The molecule has 0 saturated heterocycles. The summed E-state index contributed by atoms with van der Waals surface area (Å²) in [5.41, 5.74) is 0.627. The minimum absolute atomic E-state index is 0.0939. The first-order chi connectivity index (χ1) is 7.69. The number of carbonyl (C=O) groups is 1. The highest BCUT2D eigenvalue weighted by molar-refractivity contribution is 6.30. The maximum Gasteiger partial charge on any atom is 0.316 e. The molecule has 0 N–H and O–H groups in total. The lowest BCUT2D eigenvalue weighted by Crippen LogP contribution is -2.43. The van der Waals surface area contributed by atoms with Crippen LogP contribution in [0, 0.1) is 0 Å². The fraction of sp³-hybridized carbons (Fsp3) is 0.462. The first-order valence-corrected chi connectivity index (χ1v) is 6.00. The molecular formula is C13H15ClO2. The number of rotatable bonds is 3. The minimum atomic E-state index is -0.402. The Morgan fingerprint density at radius 3 is 2.44 bits per heavy atom. The Labute approximate surface area is 101 Å². The van der Waals surface area contributed by atoms with Crippen LogP contribution in [0.15, 0.2) is 24.3 Å². The van der Waals surface area contributed by atoms with Crippen LogP contribution in [-0.2, 0) is 14.9 Å². The molecule has 3 heteroatoms. The van der Waals surface area contributed by atoms with Crippen molar-refractivity contribution in [3.8, 4) is 0 Å². The van der Waals surface area contributed by atoms with Crippen molar-refractivity contribution >= 4 is 17.6 Å². The molecule has 2 rings (SSSR count). The third kappa shape index (κ3) is 1.82. The molecular weight excluding hydrogens is 224 g/mol. The molecule has 1 aliphatic carbocycles. The quantitative estimate of drug-likeness (QED) is 0.755. The van der Waals surface area contributed by atoms with Gasteiger partial charge in [-0.3, -0.25) is 4.79 Å². The molecule has 1 aliphatic rings. The molecule has 2 nitrogen and oxygen atoms in total. The Morgan fingerprint density at radius 2 is 2.00 bits per heavy atom. The van der Waals surface area contributed by atoms with Gasteiger partial charge in [0.2, 0.25) is 0 Å². The average Bonchev–Trinajstić information content (AvgIpc) is 2.19. The summed E-state index contributed by atoms with van der Waals surface area (Å²) >= 11 is 5.85. The second kappa shape index (κ2) is 4.46. The highest BCUT2D eigenvalue weighted by Crippen LogP contribution is 2.44. The summed E-state index contributed by atoms with van der Waals surface area (Å²) in [4.78, 5) is 12.0. The lowest BCUT2D eigenvalue weighted by molar-refractivity contribution is -0.153. The van der Waals surface area contributed by atoms with E-state index in [0.29, 0.717) is 11.6 Å². The zero-order chi connectivity index (χ0) is 11.6. The molecule has 0 amide bonds. The highest BCUT2D eigenvalue weighted by Gasteiger charge is 2.46. The molecule has 0 radical (unpaired) electrons. The van der Waals surface area contributed by atoms with Crippen molar-refractivity contribution in [3.63, 3.8) is 0 Å². The first kappa shape index (κ1) is 11.5. The Bertz CT molecular complexity index is 379. The molecule has 1 aromatic carbocycles. The predicted molar refractivity (Wildman–Crippen MR) is 63.6 cm³/mol. The van der Waals surface area contributed by atoms with Gasteiger partial charge < -0.3 is 4.74 Å². The normalized spacial score (nSPS) is 17.6. The number of carbonyl (C=O) groups excluding carboxylic acids is 1. The van der Waals surface area contributed by atoms with E-state index in [9.17, 15) is 4.79 Å². The van der Waals surface area contributed by atoms with Gasteiger partial charge in [-0.15, -0.1) is 0 Å². The van der Waals surface area contributed by atoms with Crippen molar-refractivity contribution in [1.29, 1.82) is 0 Å². The zero-order valence-electron chi connectivity index (χ0n) is 9.33. The van der Waals surface area contributed by atoms with E-state index in [1.54, 1.807) is 0 Å². The number of ether oxygens (including phenoxy) is 1. The molecule has 86 valence electrons. The standard InChI is InChI=1S/C13H15ClO2/c1-2-16-12(15)13(8-3-9-13)10-4-6-11(14)7-5-10/h4-7H,2-3,8-9H2,1H3. The topological polar surface area (TPSA) is 26.3 Å². The summed E-state index contributed by atoms with van der Waals surface area (Å²) < 4.78 is 5.16. The molecule has 1 aromatic rings. The van der Waals surface area contributed by atoms with E-state index in [1.807, 2.05) is 31.2 Å². The van der Waals surface area contributed by atoms with Crippen LogP contribution in [0.4, 0.5) is 0 Å². The van der Waals surface area contributed by atoms with E-state index in [1.165, 1.54) is 0 Å². The van der Waals surface area contributed by atoms with E-state index in [2.05, 4.69) is 0 Å². The lowest BCUT2D eigenvalue weighted by Gasteiger charge is -2.39. The van der Waals surface area contributed by atoms with Gasteiger partial charge in [0.15, 0.2) is 0 Å². The predicted octanol–water partition coefficient (Wildman–Crippen LogP) is 3.32. The number of esters is 1. The van der Waals surface area contributed by atoms with Crippen molar-refractivity contribution in [2.75, 3.05) is 6.61 Å². The van der Waals surface area contributed by atoms with Gasteiger partial charge in [-0.05, 0) is 37.5 Å². The monoisotopic (exact) mass is 238 g/mol. The van der Waals surface area contributed by atoms with Crippen molar-refractivity contribution in [1.82, 2.24) is 0 Å². The summed E-state index contributed by atoms with van der Waals surface area (Å²) in [6.07, 6.45) is 2.85. The van der Waals surface area contributed by atoms with E-state index < -0.39 is 5.41 Å². The van der Waals surface area contributed by atoms with Crippen molar-refractivity contribution in [2.45, 2.75) is 31.6 Å². The summed E-state index contributed by atoms with van der Waals surface area (Å²) in [6, 6.07) is 7.52. The maximum absolute atomic E-state index is 12.0. The van der Waals surface area contributed by atoms with Crippen LogP contribution in [0.2, 0.25) is 5.02 Å². The number of benzene rings is 1. The second-order valence-electron chi connectivity index (χ2n) is 4.16. The minimum Gasteiger partial charge on any atom is -0.465 e. The van der Waals surface area contributed by atoms with Crippen LogP contribution in [0.5, 0.6) is 0 Å². The van der Waals surface area contributed by atoms with Gasteiger partial charge >= 0.3 is 5.97 Å². The van der Waals surface area contributed by atoms with Crippen LogP contribution in [0.25, 0.3) is 0 Å². The molecule has 0 bridgehead atoms. The Kier molecular flexibility index (Phi) is 3.20. The highest BCUT2D eigenvalue weighted by atomic mass is 35.5. The van der Waals surface area contributed by atoms with Gasteiger partial charge in [-0.1, -0.05) is 30.2 Å². The van der Waals surface area contributed by atoms with Crippen molar-refractivity contribution in [3.05, 3.63) is 34.9 Å². The van der Waals surface area contributed by atoms with Crippen molar-refractivity contribution in [2.24, 2.45) is 0 Å². The Balaban J connectivity index is 2.27. The van der Waals surface area contributed by atoms with Crippen LogP contribution in [0.3, 0.4) is 0 Å². The van der Waals surface area contributed by atoms with Crippen LogP contribution >= 0.6 is 11.6 Å². The molecule has 0 atom stereocenters. The molecule has 16 heavy (non-hydrogen) atoms.